The molecule has 3 rings (SSSR count). The highest BCUT2D eigenvalue weighted by Crippen LogP contribution is 2.32. The molecule has 4 amide bonds. The fraction of sp³-hybridized carbons (Fsp3) is 0.370. The quantitative estimate of drug-likeness (QED) is 0.184. The topological polar surface area (TPSA) is 84.9 Å². The number of hydrogen-bond donors (Lipinski definition) is 1. The van der Waals surface area contributed by atoms with Gasteiger partial charge in [0.25, 0.3) is 11.8 Å². The van der Waals surface area contributed by atoms with Gasteiger partial charge in [0.05, 0.1) is 28.9 Å². The summed E-state index contributed by atoms with van der Waals surface area (Å²) in [7, 11) is 0. The van der Waals surface area contributed by atoms with Gasteiger partial charge in [0, 0.05) is 0 Å². The predicted octanol–water partition coefficient (Wildman–Crippen LogP) is 6.80. The van der Waals surface area contributed by atoms with Crippen LogP contribution in [-0.2, 0) is 9.59 Å². The summed E-state index contributed by atoms with van der Waals surface area (Å²) < 4.78 is 11.7. The third kappa shape index (κ3) is 7.02. The van der Waals surface area contributed by atoms with Gasteiger partial charge in [-0.05, 0) is 55.3 Å². The number of halogens is 2. The normalized spacial score (nSPS) is 14.8. The fourth-order valence-corrected chi connectivity index (χ4v) is 4.04. The lowest BCUT2D eigenvalue weighted by Gasteiger charge is -2.26. The molecule has 0 bridgehead atoms. The Bertz CT molecular complexity index is 1150. The molecule has 0 saturated carbocycles. The third-order valence-corrected chi connectivity index (χ3v) is 6.34. The van der Waals surface area contributed by atoms with E-state index >= 15 is 0 Å². The summed E-state index contributed by atoms with van der Waals surface area (Å²) in [6, 6.07) is 8.65. The minimum Gasteiger partial charge on any atom is -0.490 e. The molecule has 1 heterocycles. The van der Waals surface area contributed by atoms with E-state index in [1.165, 1.54) is 50.0 Å². The Hall–Kier alpha value is -3.03. The van der Waals surface area contributed by atoms with E-state index in [2.05, 4.69) is 12.2 Å². The number of urea groups is 1. The van der Waals surface area contributed by atoms with Gasteiger partial charge in [-0.2, -0.15) is 0 Å². The van der Waals surface area contributed by atoms with Crippen LogP contribution in [0.15, 0.2) is 42.0 Å². The molecule has 1 aliphatic heterocycles. The van der Waals surface area contributed by atoms with Crippen molar-refractivity contribution in [2.45, 2.75) is 52.4 Å². The fourth-order valence-electron chi connectivity index (χ4n) is 3.75. The summed E-state index contributed by atoms with van der Waals surface area (Å²) in [6.07, 6.45) is 8.38. The Kier molecular flexibility index (Phi) is 10.2. The molecule has 0 aliphatic carbocycles. The molecule has 0 spiro atoms. The largest absolute Gasteiger partial charge is 0.490 e. The number of ether oxygens (including phenoxy) is 2. The number of benzene rings is 2. The number of unbranched alkanes of at least 4 members (excludes halogenated alkanes) is 5. The zero-order valence-corrected chi connectivity index (χ0v) is 22.0. The van der Waals surface area contributed by atoms with Crippen LogP contribution >= 0.6 is 23.2 Å². The lowest BCUT2D eigenvalue weighted by molar-refractivity contribution is -0.122. The maximum atomic E-state index is 13.1. The van der Waals surface area contributed by atoms with Crippen molar-refractivity contribution < 1.29 is 23.9 Å². The van der Waals surface area contributed by atoms with Crippen molar-refractivity contribution in [1.29, 1.82) is 0 Å². The molecule has 0 atom stereocenters. The highest BCUT2D eigenvalue weighted by atomic mass is 35.5. The van der Waals surface area contributed by atoms with Crippen molar-refractivity contribution in [2.24, 2.45) is 0 Å². The lowest BCUT2D eigenvalue weighted by Crippen LogP contribution is -2.54. The van der Waals surface area contributed by atoms with Gasteiger partial charge < -0.3 is 9.47 Å². The van der Waals surface area contributed by atoms with Crippen LogP contribution in [0, 0.1) is 0 Å². The number of barbiturate groups is 1. The first-order valence-electron chi connectivity index (χ1n) is 12.1. The first kappa shape index (κ1) is 27.6. The number of carbonyl (C=O) groups excluding carboxylic acids is 3. The first-order valence-corrected chi connectivity index (χ1v) is 12.9. The highest BCUT2D eigenvalue weighted by molar-refractivity contribution is 6.43. The molecule has 36 heavy (non-hydrogen) atoms. The Morgan fingerprint density at radius 3 is 2.33 bits per heavy atom. The standard InChI is InChI=1S/C27H30Cl2N2O5/c1-3-5-6-7-8-9-14-36-23-13-10-18(16-24(23)35-4-2)15-20-25(32)30-27(34)31(26(20)33)19-11-12-21(28)22(29)17-19/h10-13,15-17H,3-9,14H2,1-2H3,(H,30,32,34)/b20-15-. The van der Waals surface area contributed by atoms with Crippen molar-refractivity contribution in [3.63, 3.8) is 0 Å². The van der Waals surface area contributed by atoms with E-state index in [0.717, 1.165) is 17.7 Å². The zero-order chi connectivity index (χ0) is 26.1. The summed E-state index contributed by atoms with van der Waals surface area (Å²) in [4.78, 5) is 38.9. The summed E-state index contributed by atoms with van der Waals surface area (Å²) >= 11 is 12.0. The van der Waals surface area contributed by atoms with Gasteiger partial charge in [-0.3, -0.25) is 14.9 Å². The Morgan fingerprint density at radius 2 is 1.61 bits per heavy atom. The molecule has 2 aromatic rings. The van der Waals surface area contributed by atoms with Crippen LogP contribution in [0.1, 0.15) is 57.9 Å². The Balaban J connectivity index is 1.78. The number of imide groups is 2. The molecule has 2 aromatic carbocycles. The van der Waals surface area contributed by atoms with Crippen molar-refractivity contribution in [1.82, 2.24) is 5.32 Å². The van der Waals surface area contributed by atoms with Crippen LogP contribution in [0.5, 0.6) is 11.5 Å². The van der Waals surface area contributed by atoms with Gasteiger partial charge in [0.2, 0.25) is 0 Å². The van der Waals surface area contributed by atoms with Gasteiger partial charge in [-0.1, -0.05) is 68.3 Å². The number of nitrogens with one attached hydrogen (secondary N) is 1. The van der Waals surface area contributed by atoms with Crippen molar-refractivity contribution in [2.75, 3.05) is 18.1 Å². The van der Waals surface area contributed by atoms with Gasteiger partial charge in [-0.15, -0.1) is 0 Å². The number of carbonyl (C=O) groups is 3. The van der Waals surface area contributed by atoms with Gasteiger partial charge >= 0.3 is 6.03 Å². The van der Waals surface area contributed by atoms with E-state index in [0.29, 0.717) is 30.3 Å². The second kappa shape index (κ2) is 13.3. The minimum atomic E-state index is -0.867. The number of hydrogen-bond acceptors (Lipinski definition) is 5. The van der Waals surface area contributed by atoms with Gasteiger partial charge in [0.15, 0.2) is 11.5 Å². The molecule has 9 heteroatoms. The molecule has 7 nitrogen and oxygen atoms in total. The average molecular weight is 533 g/mol. The summed E-state index contributed by atoms with van der Waals surface area (Å²) in [5.41, 5.74) is 0.537. The number of nitrogens with zero attached hydrogens (tertiary/aromatic N) is 1. The second-order valence-corrected chi connectivity index (χ2v) is 9.13. The highest BCUT2D eigenvalue weighted by Gasteiger charge is 2.37. The monoisotopic (exact) mass is 532 g/mol. The summed E-state index contributed by atoms with van der Waals surface area (Å²) in [5, 5.41) is 2.65. The molecule has 0 unspecified atom stereocenters. The van der Waals surface area contributed by atoms with E-state index in [9.17, 15) is 14.4 Å². The second-order valence-electron chi connectivity index (χ2n) is 8.31. The molecule has 1 aliphatic rings. The number of rotatable bonds is 12. The van der Waals surface area contributed by atoms with Crippen molar-refractivity contribution in [3.05, 3.63) is 57.6 Å². The molecule has 1 fully saturated rings. The van der Waals surface area contributed by atoms with Crippen molar-refractivity contribution >= 4 is 52.8 Å². The van der Waals surface area contributed by atoms with Crippen LogP contribution in [0.25, 0.3) is 6.08 Å². The van der Waals surface area contributed by atoms with E-state index < -0.39 is 17.8 Å². The van der Waals surface area contributed by atoms with E-state index in [-0.39, 0.29) is 21.3 Å². The maximum Gasteiger partial charge on any atom is 0.335 e. The first-order chi connectivity index (χ1) is 17.3. The van der Waals surface area contributed by atoms with Crippen molar-refractivity contribution in [3.8, 4) is 11.5 Å². The van der Waals surface area contributed by atoms with Gasteiger partial charge in [-0.25, -0.2) is 9.69 Å². The van der Waals surface area contributed by atoms with E-state index in [1.54, 1.807) is 18.2 Å². The van der Waals surface area contributed by atoms with E-state index in [4.69, 9.17) is 32.7 Å². The molecule has 0 radical (unpaired) electrons. The van der Waals surface area contributed by atoms with Crippen LogP contribution < -0.4 is 19.7 Å². The van der Waals surface area contributed by atoms with Crippen LogP contribution in [0.3, 0.4) is 0 Å². The molecule has 0 aromatic heterocycles. The third-order valence-electron chi connectivity index (χ3n) is 5.60. The molecule has 1 saturated heterocycles. The maximum absolute atomic E-state index is 13.1. The van der Waals surface area contributed by atoms with E-state index in [1.807, 2.05) is 6.92 Å². The molecule has 1 N–H and O–H groups in total. The Labute approximate surface area is 221 Å². The average Bonchev–Trinajstić information content (AvgIpc) is 2.84. The number of amides is 4. The molecule has 192 valence electrons. The summed E-state index contributed by atoms with van der Waals surface area (Å²) in [5.74, 6) is -0.454. The Morgan fingerprint density at radius 1 is 0.861 bits per heavy atom. The number of anilines is 1. The van der Waals surface area contributed by atoms with Crippen LogP contribution in [-0.4, -0.2) is 31.1 Å². The molecular weight excluding hydrogens is 503 g/mol. The zero-order valence-electron chi connectivity index (χ0n) is 20.4. The predicted molar refractivity (Wildman–Crippen MR) is 142 cm³/mol. The smallest absolute Gasteiger partial charge is 0.335 e. The molecular formula is C27H30Cl2N2O5. The summed E-state index contributed by atoms with van der Waals surface area (Å²) in [6.45, 7) is 5.06. The minimum absolute atomic E-state index is 0.176. The lowest BCUT2D eigenvalue weighted by atomic mass is 10.1. The van der Waals surface area contributed by atoms with Crippen LogP contribution in [0.2, 0.25) is 10.0 Å². The van der Waals surface area contributed by atoms with Crippen LogP contribution in [0.4, 0.5) is 10.5 Å². The SMILES string of the molecule is CCCCCCCCOc1ccc(/C=C2/C(=O)NC(=O)N(c3ccc(Cl)c(Cl)c3)C2=O)cc1OCC. The van der Waals surface area contributed by atoms with Gasteiger partial charge in [0.1, 0.15) is 5.57 Å².